The van der Waals surface area contributed by atoms with Gasteiger partial charge in [0.05, 0.1) is 13.2 Å². The van der Waals surface area contributed by atoms with E-state index in [0.717, 1.165) is 25.2 Å². The average molecular weight is 251 g/mol. The number of ether oxygens (including phenoxy) is 1. The summed E-state index contributed by atoms with van der Waals surface area (Å²) in [7, 11) is 0. The van der Waals surface area contributed by atoms with Crippen molar-refractivity contribution in [2.45, 2.75) is 45.7 Å². The predicted molar refractivity (Wildman–Crippen MR) is 74.9 cm³/mol. The first-order chi connectivity index (χ1) is 8.71. The second-order valence-electron chi connectivity index (χ2n) is 4.59. The van der Waals surface area contributed by atoms with E-state index >= 15 is 0 Å². The van der Waals surface area contributed by atoms with E-state index < -0.39 is 0 Å². The summed E-state index contributed by atoms with van der Waals surface area (Å²) in [5.41, 5.74) is 1.21. The van der Waals surface area contributed by atoms with E-state index in [1.54, 1.807) is 0 Å². The van der Waals surface area contributed by atoms with Crippen LogP contribution in [0.3, 0.4) is 0 Å². The molecule has 0 saturated heterocycles. The van der Waals surface area contributed by atoms with E-state index in [9.17, 15) is 5.11 Å². The lowest BCUT2D eigenvalue weighted by Crippen LogP contribution is -2.33. The zero-order valence-electron chi connectivity index (χ0n) is 11.6. The summed E-state index contributed by atoms with van der Waals surface area (Å²) >= 11 is 0. The van der Waals surface area contributed by atoms with E-state index in [0.29, 0.717) is 0 Å². The van der Waals surface area contributed by atoms with Crippen LogP contribution in [-0.4, -0.2) is 24.4 Å². The van der Waals surface area contributed by atoms with Crippen molar-refractivity contribution in [2.75, 3.05) is 13.2 Å². The van der Waals surface area contributed by atoms with E-state index in [1.807, 2.05) is 12.1 Å². The second kappa shape index (κ2) is 8.11. The molecule has 0 spiro atoms. The highest BCUT2D eigenvalue weighted by Gasteiger charge is 2.10. The Labute approximate surface area is 110 Å². The largest absolute Gasteiger partial charge is 0.494 e. The van der Waals surface area contributed by atoms with Crippen LogP contribution in [0.1, 0.15) is 45.2 Å². The zero-order chi connectivity index (χ0) is 13.4. The molecule has 0 saturated carbocycles. The molecule has 0 fully saturated rings. The molecule has 2 N–H and O–H groups in total. The topological polar surface area (TPSA) is 41.5 Å². The lowest BCUT2D eigenvalue weighted by molar-refractivity contribution is 0.230. The minimum Gasteiger partial charge on any atom is -0.494 e. The number of rotatable bonds is 8. The van der Waals surface area contributed by atoms with E-state index in [4.69, 9.17) is 4.74 Å². The summed E-state index contributed by atoms with van der Waals surface area (Å²) < 4.78 is 5.55. The molecule has 0 aliphatic heterocycles. The van der Waals surface area contributed by atoms with Crippen molar-refractivity contribution in [2.24, 2.45) is 0 Å². The van der Waals surface area contributed by atoms with Crippen LogP contribution in [-0.2, 0) is 0 Å². The average Bonchev–Trinajstić information content (AvgIpc) is 2.42. The summed E-state index contributed by atoms with van der Waals surface area (Å²) in [6.07, 6.45) is 1.95. The standard InChI is InChI=1S/C15H25NO2/c1-4-10-18-15-8-6-13(7-9-15)12(3)16-14(5-2)11-17/h6-9,12,14,16-17H,4-5,10-11H2,1-3H3/t12?,14-/m0/s1. The minimum absolute atomic E-state index is 0.163. The third-order valence-electron chi connectivity index (χ3n) is 3.05. The minimum atomic E-state index is 0.163. The molecule has 3 heteroatoms. The first kappa shape index (κ1) is 15.0. The Morgan fingerprint density at radius 1 is 1.22 bits per heavy atom. The number of aliphatic hydroxyl groups excluding tert-OH is 1. The van der Waals surface area contributed by atoms with Crippen molar-refractivity contribution in [3.8, 4) is 5.75 Å². The van der Waals surface area contributed by atoms with Crippen LogP contribution in [0.2, 0.25) is 0 Å². The first-order valence-electron chi connectivity index (χ1n) is 6.80. The Kier molecular flexibility index (Phi) is 6.76. The van der Waals surface area contributed by atoms with Gasteiger partial charge in [-0.3, -0.25) is 0 Å². The smallest absolute Gasteiger partial charge is 0.119 e. The first-order valence-corrected chi connectivity index (χ1v) is 6.80. The van der Waals surface area contributed by atoms with Crippen molar-refractivity contribution in [3.05, 3.63) is 29.8 Å². The Morgan fingerprint density at radius 2 is 1.89 bits per heavy atom. The highest BCUT2D eigenvalue weighted by molar-refractivity contribution is 5.29. The molecule has 2 atom stereocenters. The summed E-state index contributed by atoms with van der Waals surface area (Å²) in [5, 5.41) is 12.6. The fraction of sp³-hybridized carbons (Fsp3) is 0.600. The maximum atomic E-state index is 9.18. The number of aliphatic hydroxyl groups is 1. The van der Waals surface area contributed by atoms with Gasteiger partial charge in [-0.15, -0.1) is 0 Å². The molecular formula is C15H25NO2. The Balaban J connectivity index is 2.55. The quantitative estimate of drug-likeness (QED) is 0.746. The van der Waals surface area contributed by atoms with Crippen molar-refractivity contribution in [1.82, 2.24) is 5.32 Å². The molecule has 102 valence electrons. The van der Waals surface area contributed by atoms with Crippen molar-refractivity contribution in [1.29, 1.82) is 0 Å². The highest BCUT2D eigenvalue weighted by Crippen LogP contribution is 2.18. The van der Waals surface area contributed by atoms with Crippen LogP contribution in [0.4, 0.5) is 0 Å². The molecule has 0 bridgehead atoms. The van der Waals surface area contributed by atoms with Crippen molar-refractivity contribution in [3.63, 3.8) is 0 Å². The third kappa shape index (κ3) is 4.67. The fourth-order valence-corrected chi connectivity index (χ4v) is 1.82. The van der Waals surface area contributed by atoms with Gasteiger partial charge in [0, 0.05) is 12.1 Å². The van der Waals surface area contributed by atoms with Crippen LogP contribution in [0, 0.1) is 0 Å². The highest BCUT2D eigenvalue weighted by atomic mass is 16.5. The van der Waals surface area contributed by atoms with Gasteiger partial charge >= 0.3 is 0 Å². The number of hydrogen-bond donors (Lipinski definition) is 2. The van der Waals surface area contributed by atoms with Crippen LogP contribution in [0.25, 0.3) is 0 Å². The lowest BCUT2D eigenvalue weighted by atomic mass is 10.1. The SMILES string of the molecule is CCCOc1ccc(C(C)N[C@@H](CC)CO)cc1. The van der Waals surface area contributed by atoms with Gasteiger partial charge in [0.25, 0.3) is 0 Å². The van der Waals surface area contributed by atoms with Crippen molar-refractivity contribution < 1.29 is 9.84 Å². The van der Waals surface area contributed by atoms with E-state index in [-0.39, 0.29) is 18.7 Å². The molecule has 1 aromatic rings. The third-order valence-corrected chi connectivity index (χ3v) is 3.05. The Bertz CT molecular complexity index is 320. The number of benzene rings is 1. The van der Waals surface area contributed by atoms with Gasteiger partial charge in [0.15, 0.2) is 0 Å². The van der Waals surface area contributed by atoms with Gasteiger partial charge in [-0.2, -0.15) is 0 Å². The van der Waals surface area contributed by atoms with Gasteiger partial charge < -0.3 is 15.2 Å². The van der Waals surface area contributed by atoms with Crippen molar-refractivity contribution >= 4 is 0 Å². The van der Waals surface area contributed by atoms with Gasteiger partial charge in [0.2, 0.25) is 0 Å². The van der Waals surface area contributed by atoms with Crippen LogP contribution in [0.15, 0.2) is 24.3 Å². The molecule has 1 unspecified atom stereocenters. The summed E-state index contributed by atoms with van der Waals surface area (Å²) in [4.78, 5) is 0. The molecule has 0 radical (unpaired) electrons. The number of nitrogens with one attached hydrogen (secondary N) is 1. The van der Waals surface area contributed by atoms with Gasteiger partial charge in [-0.1, -0.05) is 26.0 Å². The molecule has 0 aromatic heterocycles. The summed E-state index contributed by atoms with van der Waals surface area (Å²) in [6, 6.07) is 8.56. The van der Waals surface area contributed by atoms with E-state index in [2.05, 4.69) is 38.2 Å². The lowest BCUT2D eigenvalue weighted by Gasteiger charge is -2.21. The molecule has 0 aliphatic carbocycles. The van der Waals surface area contributed by atoms with E-state index in [1.165, 1.54) is 5.56 Å². The molecule has 3 nitrogen and oxygen atoms in total. The summed E-state index contributed by atoms with van der Waals surface area (Å²) in [5.74, 6) is 0.919. The molecule has 1 aromatic carbocycles. The van der Waals surface area contributed by atoms with Gasteiger partial charge in [-0.05, 0) is 37.5 Å². The van der Waals surface area contributed by atoms with Crippen LogP contribution >= 0.6 is 0 Å². The number of hydrogen-bond acceptors (Lipinski definition) is 3. The molecule has 0 amide bonds. The monoisotopic (exact) mass is 251 g/mol. The zero-order valence-corrected chi connectivity index (χ0v) is 11.6. The fourth-order valence-electron chi connectivity index (χ4n) is 1.82. The van der Waals surface area contributed by atoms with Crippen LogP contribution in [0.5, 0.6) is 5.75 Å². The van der Waals surface area contributed by atoms with Gasteiger partial charge in [0.1, 0.15) is 5.75 Å². The predicted octanol–water partition coefficient (Wildman–Crippen LogP) is 2.90. The maximum Gasteiger partial charge on any atom is 0.119 e. The molecular weight excluding hydrogens is 226 g/mol. The molecule has 0 heterocycles. The Hall–Kier alpha value is -1.06. The second-order valence-corrected chi connectivity index (χ2v) is 4.59. The molecule has 18 heavy (non-hydrogen) atoms. The normalized spacial score (nSPS) is 14.2. The van der Waals surface area contributed by atoms with Gasteiger partial charge in [-0.25, -0.2) is 0 Å². The summed E-state index contributed by atoms with van der Waals surface area (Å²) in [6.45, 7) is 7.22. The molecule has 0 aliphatic rings. The van der Waals surface area contributed by atoms with Crippen LogP contribution < -0.4 is 10.1 Å². The molecule has 1 rings (SSSR count). The Morgan fingerprint density at radius 3 is 2.39 bits per heavy atom. The maximum absolute atomic E-state index is 9.18.